The molecule has 0 heterocycles. The molecule has 0 fully saturated rings. The Morgan fingerprint density at radius 1 is 1.31 bits per heavy atom. The van der Waals surface area contributed by atoms with E-state index in [9.17, 15) is 4.79 Å². The van der Waals surface area contributed by atoms with Crippen molar-refractivity contribution < 1.29 is 4.79 Å². The maximum Gasteiger partial charge on any atom is 0.238 e. The molecule has 2 atom stereocenters. The summed E-state index contributed by atoms with van der Waals surface area (Å²) in [7, 11) is 0. The number of nitrogens with one attached hydrogen (secondary N) is 1. The summed E-state index contributed by atoms with van der Waals surface area (Å²) in [5.41, 5.74) is 0.816. The average Bonchev–Trinajstić information content (AvgIpc) is 2.16. The molecule has 1 N–H and O–H groups in total. The summed E-state index contributed by atoms with van der Waals surface area (Å²) >= 11 is 17.5. The van der Waals surface area contributed by atoms with Gasteiger partial charge in [-0.05, 0) is 31.5 Å². The molecule has 0 aliphatic carbocycles. The summed E-state index contributed by atoms with van der Waals surface area (Å²) in [6, 6.07) is 4.97. The number of benzene rings is 1. The van der Waals surface area contributed by atoms with Crippen LogP contribution in [-0.4, -0.2) is 11.3 Å². The number of alkyl halides is 1. The Balaban J connectivity index is 2.80. The smallest absolute Gasteiger partial charge is 0.238 e. The molecule has 0 saturated heterocycles. The van der Waals surface area contributed by atoms with Gasteiger partial charge in [-0.3, -0.25) is 4.79 Å². The van der Waals surface area contributed by atoms with Gasteiger partial charge in [-0.15, -0.1) is 11.6 Å². The molecule has 1 aromatic rings. The zero-order chi connectivity index (χ0) is 12.3. The van der Waals surface area contributed by atoms with Gasteiger partial charge >= 0.3 is 0 Å². The Morgan fingerprint density at radius 3 is 2.44 bits per heavy atom. The third-order valence-corrected chi connectivity index (χ3v) is 2.91. The van der Waals surface area contributed by atoms with Crippen LogP contribution in [0.2, 0.25) is 10.0 Å². The molecule has 88 valence electrons. The van der Waals surface area contributed by atoms with Gasteiger partial charge in [0.15, 0.2) is 0 Å². The summed E-state index contributed by atoms with van der Waals surface area (Å²) in [6.45, 7) is 3.46. The lowest BCUT2D eigenvalue weighted by Gasteiger charge is -2.16. The Kier molecular flexibility index (Phi) is 4.90. The maximum absolute atomic E-state index is 11.4. The Labute approximate surface area is 110 Å². The molecule has 0 aliphatic rings. The van der Waals surface area contributed by atoms with Crippen LogP contribution in [0.25, 0.3) is 0 Å². The van der Waals surface area contributed by atoms with E-state index in [-0.39, 0.29) is 11.9 Å². The first-order valence-corrected chi connectivity index (χ1v) is 6.00. The predicted molar refractivity (Wildman–Crippen MR) is 68.3 cm³/mol. The summed E-state index contributed by atoms with van der Waals surface area (Å²) in [5, 5.41) is 3.29. The van der Waals surface area contributed by atoms with Crippen molar-refractivity contribution in [3.63, 3.8) is 0 Å². The average molecular weight is 281 g/mol. The van der Waals surface area contributed by atoms with Gasteiger partial charge in [0.2, 0.25) is 5.91 Å². The maximum atomic E-state index is 11.4. The van der Waals surface area contributed by atoms with Crippen molar-refractivity contribution in [3.8, 4) is 0 Å². The highest BCUT2D eigenvalue weighted by molar-refractivity contribution is 6.35. The summed E-state index contributed by atoms with van der Waals surface area (Å²) in [4.78, 5) is 11.4. The van der Waals surface area contributed by atoms with E-state index in [4.69, 9.17) is 34.8 Å². The molecule has 0 spiro atoms. The number of hydrogen-bond acceptors (Lipinski definition) is 1. The van der Waals surface area contributed by atoms with Crippen molar-refractivity contribution in [1.29, 1.82) is 0 Å². The fraction of sp³-hybridized carbons (Fsp3) is 0.364. The molecule has 1 amide bonds. The molecule has 2 nitrogen and oxygen atoms in total. The van der Waals surface area contributed by atoms with Gasteiger partial charge in [-0.1, -0.05) is 29.3 Å². The zero-order valence-corrected chi connectivity index (χ0v) is 11.2. The second-order valence-electron chi connectivity index (χ2n) is 3.51. The first-order chi connectivity index (χ1) is 7.41. The molecular formula is C11H12Cl3NO. The van der Waals surface area contributed by atoms with E-state index in [1.807, 2.05) is 6.92 Å². The van der Waals surface area contributed by atoms with Crippen LogP contribution in [0.1, 0.15) is 25.5 Å². The van der Waals surface area contributed by atoms with Crippen molar-refractivity contribution in [2.75, 3.05) is 0 Å². The lowest BCUT2D eigenvalue weighted by Crippen LogP contribution is -2.32. The lowest BCUT2D eigenvalue weighted by atomic mass is 10.1. The predicted octanol–water partition coefficient (Wildman–Crippen LogP) is 3.80. The van der Waals surface area contributed by atoms with Crippen LogP contribution in [0.15, 0.2) is 18.2 Å². The van der Waals surface area contributed by atoms with E-state index in [1.165, 1.54) is 0 Å². The standard InChI is InChI=1S/C11H12Cl3NO/c1-6(12)11(16)15-7(2)9-4-3-8(13)5-10(9)14/h3-7H,1-2H3,(H,15,16)/t6-,7-/m1/s1. The highest BCUT2D eigenvalue weighted by atomic mass is 35.5. The van der Waals surface area contributed by atoms with E-state index in [0.29, 0.717) is 10.0 Å². The molecule has 0 aliphatic heterocycles. The molecule has 0 bridgehead atoms. The van der Waals surface area contributed by atoms with E-state index in [1.54, 1.807) is 25.1 Å². The van der Waals surface area contributed by atoms with Gasteiger partial charge in [0.1, 0.15) is 5.38 Å². The summed E-state index contributed by atoms with van der Waals surface area (Å²) in [5.74, 6) is -0.222. The minimum atomic E-state index is -0.562. The molecule has 0 aromatic heterocycles. The van der Waals surface area contributed by atoms with Crippen LogP contribution in [0.3, 0.4) is 0 Å². The Morgan fingerprint density at radius 2 is 1.94 bits per heavy atom. The van der Waals surface area contributed by atoms with E-state index < -0.39 is 5.38 Å². The van der Waals surface area contributed by atoms with Crippen LogP contribution < -0.4 is 5.32 Å². The van der Waals surface area contributed by atoms with Gasteiger partial charge in [0, 0.05) is 10.0 Å². The largest absolute Gasteiger partial charge is 0.348 e. The van der Waals surface area contributed by atoms with Gasteiger partial charge in [0.25, 0.3) is 0 Å². The molecular weight excluding hydrogens is 268 g/mol. The van der Waals surface area contributed by atoms with Gasteiger partial charge in [-0.25, -0.2) is 0 Å². The highest BCUT2D eigenvalue weighted by Crippen LogP contribution is 2.26. The highest BCUT2D eigenvalue weighted by Gasteiger charge is 2.15. The number of amides is 1. The Hall–Kier alpha value is -0.440. The van der Waals surface area contributed by atoms with Crippen molar-refractivity contribution in [3.05, 3.63) is 33.8 Å². The third kappa shape index (κ3) is 3.55. The fourth-order valence-electron chi connectivity index (χ4n) is 1.26. The monoisotopic (exact) mass is 279 g/mol. The van der Waals surface area contributed by atoms with Crippen molar-refractivity contribution in [2.24, 2.45) is 0 Å². The zero-order valence-electron chi connectivity index (χ0n) is 8.93. The third-order valence-electron chi connectivity index (χ3n) is 2.15. The minimum Gasteiger partial charge on any atom is -0.348 e. The minimum absolute atomic E-state index is 0.196. The quantitative estimate of drug-likeness (QED) is 0.838. The SMILES string of the molecule is C[C@@H](Cl)C(=O)N[C@H](C)c1ccc(Cl)cc1Cl. The topological polar surface area (TPSA) is 29.1 Å². The summed E-state index contributed by atoms with van der Waals surface area (Å²) < 4.78 is 0. The summed E-state index contributed by atoms with van der Waals surface area (Å²) in [6.07, 6.45) is 0. The number of carbonyl (C=O) groups excluding carboxylic acids is 1. The first kappa shape index (κ1) is 13.6. The lowest BCUT2D eigenvalue weighted by molar-refractivity contribution is -0.121. The fourth-order valence-corrected chi connectivity index (χ4v) is 1.89. The number of carbonyl (C=O) groups is 1. The van der Waals surface area contributed by atoms with Crippen molar-refractivity contribution >= 4 is 40.7 Å². The molecule has 16 heavy (non-hydrogen) atoms. The number of halogens is 3. The first-order valence-electron chi connectivity index (χ1n) is 4.81. The Bertz CT molecular complexity index is 393. The molecule has 0 saturated carbocycles. The number of hydrogen-bond donors (Lipinski definition) is 1. The van der Waals surface area contributed by atoms with E-state index >= 15 is 0 Å². The van der Waals surface area contributed by atoms with Gasteiger partial charge in [-0.2, -0.15) is 0 Å². The van der Waals surface area contributed by atoms with Crippen LogP contribution >= 0.6 is 34.8 Å². The second kappa shape index (κ2) is 5.76. The second-order valence-corrected chi connectivity index (χ2v) is 5.01. The molecule has 5 heteroatoms. The molecule has 1 aromatic carbocycles. The van der Waals surface area contributed by atoms with Gasteiger partial charge in [0.05, 0.1) is 6.04 Å². The van der Waals surface area contributed by atoms with Crippen LogP contribution in [0.4, 0.5) is 0 Å². The van der Waals surface area contributed by atoms with Crippen molar-refractivity contribution in [1.82, 2.24) is 5.32 Å². The molecule has 0 radical (unpaired) electrons. The van der Waals surface area contributed by atoms with E-state index in [2.05, 4.69) is 5.32 Å². The van der Waals surface area contributed by atoms with Crippen LogP contribution in [-0.2, 0) is 4.79 Å². The molecule has 1 rings (SSSR count). The molecule has 0 unspecified atom stereocenters. The van der Waals surface area contributed by atoms with Crippen LogP contribution in [0.5, 0.6) is 0 Å². The van der Waals surface area contributed by atoms with Gasteiger partial charge < -0.3 is 5.32 Å². The van der Waals surface area contributed by atoms with Crippen molar-refractivity contribution in [2.45, 2.75) is 25.3 Å². The van der Waals surface area contributed by atoms with Crippen LogP contribution in [0, 0.1) is 0 Å². The van der Waals surface area contributed by atoms with E-state index in [0.717, 1.165) is 5.56 Å². The normalized spacial score (nSPS) is 14.3. The number of rotatable bonds is 3.